The summed E-state index contributed by atoms with van der Waals surface area (Å²) in [5.74, 6) is 0.744. The van der Waals surface area contributed by atoms with Crippen LogP contribution in [0.3, 0.4) is 0 Å². The molecular weight excluding hydrogens is 216 g/mol. The first-order valence-electron chi connectivity index (χ1n) is 5.27. The fourth-order valence-electron chi connectivity index (χ4n) is 1.74. The van der Waals surface area contributed by atoms with Crippen LogP contribution in [0.1, 0.15) is 16.8 Å². The molecule has 0 aliphatic rings. The van der Waals surface area contributed by atoms with Crippen molar-refractivity contribution in [3.05, 3.63) is 29.2 Å². The number of nitrogens with zero attached hydrogens (tertiary/aromatic N) is 5. The third-order valence-electron chi connectivity index (χ3n) is 2.55. The van der Waals surface area contributed by atoms with Crippen molar-refractivity contribution in [2.75, 3.05) is 5.32 Å². The maximum absolute atomic E-state index is 9.05. The third-order valence-corrected chi connectivity index (χ3v) is 2.55. The van der Waals surface area contributed by atoms with E-state index in [0.29, 0.717) is 12.1 Å². The van der Waals surface area contributed by atoms with E-state index in [4.69, 9.17) is 5.26 Å². The number of aryl methyl sites for hydroxylation is 3. The predicted molar refractivity (Wildman–Crippen MR) is 63.2 cm³/mol. The van der Waals surface area contributed by atoms with Gasteiger partial charge in [-0.15, -0.1) is 0 Å². The molecule has 2 rings (SSSR count). The van der Waals surface area contributed by atoms with E-state index in [1.165, 1.54) is 0 Å². The SMILES string of the molecule is Cc1nn(C)c(NCc2cnn(C)c2)c1C#N. The highest BCUT2D eigenvalue weighted by Crippen LogP contribution is 2.17. The lowest BCUT2D eigenvalue weighted by molar-refractivity contribution is 0.757. The summed E-state index contributed by atoms with van der Waals surface area (Å²) in [4.78, 5) is 0. The summed E-state index contributed by atoms with van der Waals surface area (Å²) in [7, 11) is 3.69. The Morgan fingerprint density at radius 2 is 2.24 bits per heavy atom. The van der Waals surface area contributed by atoms with Crippen LogP contribution in [0.5, 0.6) is 0 Å². The summed E-state index contributed by atoms with van der Waals surface area (Å²) in [5.41, 5.74) is 2.40. The molecule has 0 aliphatic carbocycles. The number of rotatable bonds is 3. The molecule has 0 aromatic carbocycles. The zero-order valence-electron chi connectivity index (χ0n) is 10.1. The summed E-state index contributed by atoms with van der Waals surface area (Å²) >= 11 is 0. The molecule has 2 aromatic heterocycles. The van der Waals surface area contributed by atoms with E-state index in [1.54, 1.807) is 15.6 Å². The number of anilines is 1. The van der Waals surface area contributed by atoms with Gasteiger partial charge < -0.3 is 5.32 Å². The van der Waals surface area contributed by atoms with Crippen molar-refractivity contribution in [3.8, 4) is 6.07 Å². The number of hydrogen-bond donors (Lipinski definition) is 1. The van der Waals surface area contributed by atoms with Crippen molar-refractivity contribution < 1.29 is 0 Å². The van der Waals surface area contributed by atoms with E-state index in [2.05, 4.69) is 21.6 Å². The highest BCUT2D eigenvalue weighted by molar-refractivity contribution is 5.55. The first-order chi connectivity index (χ1) is 8.11. The van der Waals surface area contributed by atoms with E-state index in [9.17, 15) is 0 Å². The first-order valence-corrected chi connectivity index (χ1v) is 5.27. The Balaban J connectivity index is 2.17. The molecule has 0 saturated carbocycles. The van der Waals surface area contributed by atoms with Crippen LogP contribution >= 0.6 is 0 Å². The first kappa shape index (κ1) is 11.2. The lowest BCUT2D eigenvalue weighted by atomic mass is 10.2. The third kappa shape index (κ3) is 2.13. The molecule has 0 amide bonds. The number of hydrogen-bond acceptors (Lipinski definition) is 4. The lowest BCUT2D eigenvalue weighted by Crippen LogP contribution is -2.05. The Kier molecular flexibility index (Phi) is 2.83. The van der Waals surface area contributed by atoms with Gasteiger partial charge in [0.2, 0.25) is 0 Å². The molecule has 6 nitrogen and oxygen atoms in total. The van der Waals surface area contributed by atoms with Crippen LogP contribution in [0.2, 0.25) is 0 Å². The molecule has 6 heteroatoms. The summed E-state index contributed by atoms with van der Waals surface area (Å²) in [6.45, 7) is 2.45. The summed E-state index contributed by atoms with van der Waals surface area (Å²) in [6.07, 6.45) is 3.73. The second kappa shape index (κ2) is 4.29. The monoisotopic (exact) mass is 230 g/mol. The van der Waals surface area contributed by atoms with Gasteiger partial charge in [-0.25, -0.2) is 0 Å². The van der Waals surface area contributed by atoms with Crippen molar-refractivity contribution in [3.63, 3.8) is 0 Å². The standard InChI is InChI=1S/C11H14N6/c1-8-10(4-12)11(17(3)15-8)13-5-9-6-14-16(2)7-9/h6-7,13H,5H2,1-3H3. The van der Waals surface area contributed by atoms with Gasteiger partial charge in [0, 0.05) is 32.4 Å². The number of nitriles is 1. The Morgan fingerprint density at radius 3 is 2.82 bits per heavy atom. The molecule has 0 fully saturated rings. The lowest BCUT2D eigenvalue weighted by Gasteiger charge is -2.05. The van der Waals surface area contributed by atoms with E-state index in [-0.39, 0.29) is 0 Å². The molecule has 88 valence electrons. The Labute approximate surface area is 99.5 Å². The highest BCUT2D eigenvalue weighted by Gasteiger charge is 2.12. The summed E-state index contributed by atoms with van der Waals surface area (Å²) in [5, 5.41) is 20.6. The van der Waals surface area contributed by atoms with Gasteiger partial charge in [-0.3, -0.25) is 9.36 Å². The minimum Gasteiger partial charge on any atom is -0.365 e. The fraction of sp³-hybridized carbons (Fsp3) is 0.364. The molecule has 2 aromatic rings. The fourth-order valence-corrected chi connectivity index (χ4v) is 1.74. The van der Waals surface area contributed by atoms with Crippen LogP contribution < -0.4 is 5.32 Å². The minimum absolute atomic E-state index is 0.594. The Bertz CT molecular complexity index is 571. The van der Waals surface area contributed by atoms with Gasteiger partial charge in [0.1, 0.15) is 17.5 Å². The van der Waals surface area contributed by atoms with E-state index >= 15 is 0 Å². The van der Waals surface area contributed by atoms with Gasteiger partial charge in [0.05, 0.1) is 11.9 Å². The molecule has 0 aliphatic heterocycles. The van der Waals surface area contributed by atoms with Gasteiger partial charge in [0.15, 0.2) is 0 Å². The minimum atomic E-state index is 0.594. The Morgan fingerprint density at radius 1 is 1.47 bits per heavy atom. The second-order valence-electron chi connectivity index (χ2n) is 3.92. The van der Waals surface area contributed by atoms with Crippen LogP contribution in [-0.2, 0) is 20.6 Å². The van der Waals surface area contributed by atoms with Gasteiger partial charge in [-0.1, -0.05) is 0 Å². The Hall–Kier alpha value is -2.29. The maximum atomic E-state index is 9.05. The smallest absolute Gasteiger partial charge is 0.142 e. The van der Waals surface area contributed by atoms with Crippen LogP contribution in [0.25, 0.3) is 0 Å². The zero-order valence-corrected chi connectivity index (χ0v) is 10.1. The van der Waals surface area contributed by atoms with E-state index < -0.39 is 0 Å². The van der Waals surface area contributed by atoms with Crippen LogP contribution in [0.15, 0.2) is 12.4 Å². The second-order valence-corrected chi connectivity index (χ2v) is 3.92. The summed E-state index contributed by atoms with van der Waals surface area (Å²) in [6, 6.07) is 2.16. The molecule has 0 saturated heterocycles. The topological polar surface area (TPSA) is 71.5 Å². The molecule has 0 unspecified atom stereocenters. The quantitative estimate of drug-likeness (QED) is 0.852. The van der Waals surface area contributed by atoms with Gasteiger partial charge in [-0.2, -0.15) is 15.5 Å². The molecule has 0 atom stereocenters. The maximum Gasteiger partial charge on any atom is 0.142 e. The van der Waals surface area contributed by atoms with Gasteiger partial charge in [-0.05, 0) is 6.92 Å². The summed E-state index contributed by atoms with van der Waals surface area (Å²) < 4.78 is 3.43. The van der Waals surface area contributed by atoms with Crippen molar-refractivity contribution >= 4 is 5.82 Å². The number of aromatic nitrogens is 4. The predicted octanol–water partition coefficient (Wildman–Crippen LogP) is 0.946. The van der Waals surface area contributed by atoms with Crippen LogP contribution in [0.4, 0.5) is 5.82 Å². The molecule has 2 heterocycles. The van der Waals surface area contributed by atoms with Gasteiger partial charge in [0.25, 0.3) is 0 Å². The highest BCUT2D eigenvalue weighted by atomic mass is 15.3. The molecule has 17 heavy (non-hydrogen) atoms. The van der Waals surface area contributed by atoms with Crippen molar-refractivity contribution in [1.82, 2.24) is 19.6 Å². The average molecular weight is 230 g/mol. The van der Waals surface area contributed by atoms with E-state index in [0.717, 1.165) is 17.1 Å². The molecule has 0 spiro atoms. The molecule has 0 radical (unpaired) electrons. The average Bonchev–Trinajstić information content (AvgIpc) is 2.80. The normalized spacial score (nSPS) is 10.2. The van der Waals surface area contributed by atoms with Crippen LogP contribution in [0, 0.1) is 18.3 Å². The van der Waals surface area contributed by atoms with Crippen molar-refractivity contribution in [1.29, 1.82) is 5.26 Å². The van der Waals surface area contributed by atoms with Gasteiger partial charge >= 0.3 is 0 Å². The largest absolute Gasteiger partial charge is 0.365 e. The van der Waals surface area contributed by atoms with E-state index in [1.807, 2.05) is 27.2 Å². The van der Waals surface area contributed by atoms with Crippen molar-refractivity contribution in [2.45, 2.75) is 13.5 Å². The van der Waals surface area contributed by atoms with Crippen LogP contribution in [-0.4, -0.2) is 19.6 Å². The van der Waals surface area contributed by atoms with Crippen molar-refractivity contribution in [2.24, 2.45) is 14.1 Å². The molecule has 0 bridgehead atoms. The molecular formula is C11H14N6. The number of nitrogens with one attached hydrogen (secondary N) is 1. The molecule has 1 N–H and O–H groups in total. The zero-order chi connectivity index (χ0) is 12.4.